The average molecular weight is 214 g/mol. The minimum absolute atomic E-state index is 0.00388. The number of ether oxygens (including phenoxy) is 2. The zero-order valence-electron chi connectivity index (χ0n) is 9.28. The van der Waals surface area contributed by atoms with E-state index < -0.39 is 11.0 Å². The van der Waals surface area contributed by atoms with Crippen molar-refractivity contribution in [2.75, 3.05) is 13.7 Å². The summed E-state index contributed by atoms with van der Waals surface area (Å²) in [6.07, 6.45) is 3.01. The van der Waals surface area contributed by atoms with Gasteiger partial charge in [-0.1, -0.05) is 0 Å². The molecule has 4 heteroatoms. The molecule has 1 unspecified atom stereocenters. The van der Waals surface area contributed by atoms with Gasteiger partial charge in [-0.15, -0.1) is 0 Å². The first-order valence-electron chi connectivity index (χ1n) is 5.46. The number of carbonyl (C=O) groups is 1. The van der Waals surface area contributed by atoms with Crippen LogP contribution in [-0.2, 0) is 14.3 Å². The second-order valence-corrected chi connectivity index (χ2v) is 4.78. The van der Waals surface area contributed by atoms with Gasteiger partial charge in [-0.25, -0.2) is 0 Å². The number of hydrogen-bond donors (Lipinski definition) is 1. The first-order valence-corrected chi connectivity index (χ1v) is 5.46. The summed E-state index contributed by atoms with van der Waals surface area (Å²) in [5.74, 6) is -0.190. The van der Waals surface area contributed by atoms with Crippen LogP contribution in [0.1, 0.15) is 32.6 Å². The highest BCUT2D eigenvalue weighted by Gasteiger charge is 2.60. The number of aliphatic hydroxyl groups excluding tert-OH is 1. The topological polar surface area (TPSA) is 55.8 Å². The van der Waals surface area contributed by atoms with E-state index in [4.69, 9.17) is 9.47 Å². The van der Waals surface area contributed by atoms with Crippen LogP contribution in [0.3, 0.4) is 0 Å². The summed E-state index contributed by atoms with van der Waals surface area (Å²) in [7, 11) is 1.41. The fourth-order valence-electron chi connectivity index (χ4n) is 3.13. The predicted molar refractivity (Wildman–Crippen MR) is 53.3 cm³/mol. The molecule has 0 radical (unpaired) electrons. The quantitative estimate of drug-likeness (QED) is 0.693. The molecule has 3 atom stereocenters. The lowest BCUT2D eigenvalue weighted by Crippen LogP contribution is -2.42. The van der Waals surface area contributed by atoms with Crippen molar-refractivity contribution in [3.8, 4) is 0 Å². The van der Waals surface area contributed by atoms with E-state index in [-0.39, 0.29) is 18.7 Å². The van der Waals surface area contributed by atoms with Crippen LogP contribution in [0.2, 0.25) is 0 Å². The number of fused-ring (bicyclic) bond motifs is 2. The molecular formula is C11H18O4. The van der Waals surface area contributed by atoms with E-state index >= 15 is 0 Å². The summed E-state index contributed by atoms with van der Waals surface area (Å²) in [4.78, 5) is 11.8. The molecule has 4 nitrogen and oxygen atoms in total. The molecule has 0 aromatic heterocycles. The summed E-state index contributed by atoms with van der Waals surface area (Å²) >= 11 is 0. The monoisotopic (exact) mass is 214 g/mol. The molecule has 2 bridgehead atoms. The number of carbonyl (C=O) groups excluding carboxylic acids is 1. The van der Waals surface area contributed by atoms with Crippen LogP contribution in [0.25, 0.3) is 0 Å². The van der Waals surface area contributed by atoms with E-state index in [0.29, 0.717) is 6.42 Å². The molecule has 0 amide bonds. The largest absolute Gasteiger partial charge is 0.469 e. The van der Waals surface area contributed by atoms with Gasteiger partial charge in [0.15, 0.2) is 0 Å². The fourth-order valence-corrected chi connectivity index (χ4v) is 3.13. The standard InChI is InChI=1S/C11H18O4/c1-8-11(9(13)14-2)5-3-4-10(6-11,7-12)15-8/h8,12H,3-7H2,1-2H3/t8-,10?,11+/m0/s1. The summed E-state index contributed by atoms with van der Waals surface area (Å²) in [6.45, 7) is 1.90. The molecule has 2 fully saturated rings. The maximum absolute atomic E-state index is 11.8. The van der Waals surface area contributed by atoms with Gasteiger partial charge in [-0.05, 0) is 32.6 Å². The van der Waals surface area contributed by atoms with Gasteiger partial charge in [-0.2, -0.15) is 0 Å². The highest BCUT2D eigenvalue weighted by Crippen LogP contribution is 2.54. The molecule has 1 saturated carbocycles. The lowest BCUT2D eigenvalue weighted by Gasteiger charge is -2.34. The maximum atomic E-state index is 11.8. The molecule has 2 aliphatic rings. The van der Waals surface area contributed by atoms with Crippen molar-refractivity contribution in [2.24, 2.45) is 5.41 Å². The normalized spacial score (nSPS) is 44.1. The van der Waals surface area contributed by atoms with E-state index in [1.807, 2.05) is 6.92 Å². The van der Waals surface area contributed by atoms with Crippen molar-refractivity contribution in [1.29, 1.82) is 0 Å². The Balaban J connectivity index is 2.30. The first kappa shape index (κ1) is 10.9. The Kier molecular flexibility index (Phi) is 2.51. The molecular weight excluding hydrogens is 196 g/mol. The van der Waals surface area contributed by atoms with Crippen molar-refractivity contribution in [3.05, 3.63) is 0 Å². The van der Waals surface area contributed by atoms with Crippen LogP contribution >= 0.6 is 0 Å². The van der Waals surface area contributed by atoms with Crippen molar-refractivity contribution in [1.82, 2.24) is 0 Å². The van der Waals surface area contributed by atoms with Crippen LogP contribution in [0.15, 0.2) is 0 Å². The summed E-state index contributed by atoms with van der Waals surface area (Å²) in [6, 6.07) is 0. The van der Waals surface area contributed by atoms with Crippen LogP contribution in [0.5, 0.6) is 0 Å². The molecule has 1 saturated heterocycles. The molecule has 2 rings (SSSR count). The van der Waals surface area contributed by atoms with Crippen LogP contribution in [0, 0.1) is 5.41 Å². The highest BCUT2D eigenvalue weighted by atomic mass is 16.5. The Morgan fingerprint density at radius 3 is 2.93 bits per heavy atom. The molecule has 0 aromatic carbocycles. The first-order chi connectivity index (χ1) is 7.08. The van der Waals surface area contributed by atoms with Crippen LogP contribution < -0.4 is 0 Å². The van der Waals surface area contributed by atoms with E-state index in [2.05, 4.69) is 0 Å². The van der Waals surface area contributed by atoms with Crippen LogP contribution in [-0.4, -0.2) is 36.5 Å². The van der Waals surface area contributed by atoms with Gasteiger partial charge in [0.25, 0.3) is 0 Å². The third-order valence-corrected chi connectivity index (χ3v) is 3.98. The number of methoxy groups -OCH3 is 1. The fraction of sp³-hybridized carbons (Fsp3) is 0.909. The Labute approximate surface area is 89.6 Å². The average Bonchev–Trinajstić information content (AvgIpc) is 2.47. The number of hydrogen-bond acceptors (Lipinski definition) is 4. The van der Waals surface area contributed by atoms with Gasteiger partial charge in [-0.3, -0.25) is 4.79 Å². The third kappa shape index (κ3) is 1.39. The molecule has 1 aliphatic carbocycles. The zero-order valence-corrected chi connectivity index (χ0v) is 9.28. The Morgan fingerprint density at radius 1 is 1.60 bits per heavy atom. The van der Waals surface area contributed by atoms with Crippen molar-refractivity contribution in [3.63, 3.8) is 0 Å². The Hall–Kier alpha value is -0.610. The van der Waals surface area contributed by atoms with Crippen molar-refractivity contribution >= 4 is 5.97 Å². The lowest BCUT2D eigenvalue weighted by molar-refractivity contribution is -0.156. The minimum atomic E-state index is -0.518. The minimum Gasteiger partial charge on any atom is -0.469 e. The van der Waals surface area contributed by atoms with E-state index in [0.717, 1.165) is 19.3 Å². The molecule has 1 aliphatic heterocycles. The zero-order chi connectivity index (χ0) is 11.1. The van der Waals surface area contributed by atoms with Crippen molar-refractivity contribution in [2.45, 2.75) is 44.3 Å². The molecule has 0 spiro atoms. The van der Waals surface area contributed by atoms with E-state index in [9.17, 15) is 9.90 Å². The lowest BCUT2D eigenvalue weighted by atomic mass is 9.68. The van der Waals surface area contributed by atoms with Gasteiger partial charge in [0.1, 0.15) is 0 Å². The molecule has 0 aromatic rings. The second-order valence-electron chi connectivity index (χ2n) is 4.78. The number of aliphatic hydroxyl groups is 1. The van der Waals surface area contributed by atoms with Gasteiger partial charge in [0.05, 0.1) is 30.8 Å². The summed E-state index contributed by atoms with van der Waals surface area (Å²) in [5, 5.41) is 9.38. The summed E-state index contributed by atoms with van der Waals surface area (Å²) < 4.78 is 10.7. The second kappa shape index (κ2) is 3.46. The third-order valence-electron chi connectivity index (χ3n) is 3.98. The maximum Gasteiger partial charge on any atom is 0.314 e. The highest BCUT2D eigenvalue weighted by molar-refractivity contribution is 5.78. The smallest absolute Gasteiger partial charge is 0.314 e. The van der Waals surface area contributed by atoms with Gasteiger partial charge < -0.3 is 14.6 Å². The number of rotatable bonds is 2. The van der Waals surface area contributed by atoms with Gasteiger partial charge in [0, 0.05) is 0 Å². The molecule has 1 heterocycles. The van der Waals surface area contributed by atoms with Gasteiger partial charge in [0.2, 0.25) is 0 Å². The van der Waals surface area contributed by atoms with E-state index in [1.54, 1.807) is 0 Å². The molecule has 86 valence electrons. The van der Waals surface area contributed by atoms with Crippen molar-refractivity contribution < 1.29 is 19.4 Å². The Morgan fingerprint density at radius 2 is 2.33 bits per heavy atom. The molecule has 1 N–H and O–H groups in total. The molecule has 15 heavy (non-hydrogen) atoms. The number of esters is 1. The predicted octanol–water partition coefficient (Wildman–Crippen LogP) is 0.870. The van der Waals surface area contributed by atoms with Gasteiger partial charge >= 0.3 is 5.97 Å². The van der Waals surface area contributed by atoms with E-state index in [1.165, 1.54) is 7.11 Å². The van der Waals surface area contributed by atoms with Crippen LogP contribution in [0.4, 0.5) is 0 Å². The summed E-state index contributed by atoms with van der Waals surface area (Å²) in [5.41, 5.74) is -1.01. The Bertz CT molecular complexity index is 278. The SMILES string of the molecule is COC(=O)[C@]12CCCC(CO)(C1)O[C@H]2C.